The first kappa shape index (κ1) is 23.5. The third kappa shape index (κ3) is 7.21. The number of aliphatic imine (C=N–C) groups is 1. The topological polar surface area (TPSA) is 48.9 Å². The fourth-order valence-corrected chi connectivity index (χ4v) is 3.38. The summed E-state index contributed by atoms with van der Waals surface area (Å²) in [5.41, 5.74) is 0.432. The number of guanidine groups is 1. The Morgan fingerprint density at radius 2 is 2.12 bits per heavy atom. The van der Waals surface area contributed by atoms with Crippen LogP contribution < -0.4 is 15.4 Å². The first-order valence-electron chi connectivity index (χ1n) is 7.94. The molecular formula is C16H23Cl2F2IN4O. The predicted octanol–water partition coefficient (Wildman–Crippen LogP) is 3.83. The molecule has 1 heterocycles. The average Bonchev–Trinajstić information content (AvgIpc) is 2.95. The molecule has 10 heteroatoms. The van der Waals surface area contributed by atoms with Crippen molar-refractivity contribution >= 4 is 53.1 Å². The number of hydrogen-bond donors (Lipinski definition) is 2. The molecular weight excluding hydrogens is 500 g/mol. The highest BCUT2D eigenvalue weighted by atomic mass is 127. The van der Waals surface area contributed by atoms with Crippen LogP contribution in [0.25, 0.3) is 0 Å². The summed E-state index contributed by atoms with van der Waals surface area (Å²) < 4.78 is 29.7. The van der Waals surface area contributed by atoms with E-state index in [4.69, 9.17) is 23.2 Å². The zero-order chi connectivity index (χ0) is 18.4. The van der Waals surface area contributed by atoms with Gasteiger partial charge < -0.3 is 20.3 Å². The molecule has 0 bridgehead atoms. The Hall–Kier alpha value is -0.580. The summed E-state index contributed by atoms with van der Waals surface area (Å²) in [5, 5.41) is 6.71. The van der Waals surface area contributed by atoms with Crippen molar-refractivity contribution in [1.82, 2.24) is 15.5 Å². The van der Waals surface area contributed by atoms with Crippen molar-refractivity contribution in [2.24, 2.45) is 10.9 Å². The maximum absolute atomic E-state index is 12.6. The van der Waals surface area contributed by atoms with Crippen LogP contribution in [0.5, 0.6) is 5.75 Å². The van der Waals surface area contributed by atoms with Crippen molar-refractivity contribution in [3.05, 3.63) is 27.7 Å². The summed E-state index contributed by atoms with van der Waals surface area (Å²) in [6.45, 7) is 0.163. The molecule has 5 nitrogen and oxygen atoms in total. The minimum Gasteiger partial charge on any atom is -0.433 e. The minimum atomic E-state index is -2.96. The fourth-order valence-electron chi connectivity index (χ4n) is 2.80. The van der Waals surface area contributed by atoms with Crippen molar-refractivity contribution in [3.63, 3.8) is 0 Å². The van der Waals surface area contributed by atoms with E-state index in [-0.39, 0.29) is 41.3 Å². The minimum absolute atomic E-state index is 0. The second-order valence-corrected chi connectivity index (χ2v) is 6.82. The van der Waals surface area contributed by atoms with Crippen LogP contribution >= 0.6 is 47.2 Å². The van der Waals surface area contributed by atoms with Crippen molar-refractivity contribution in [3.8, 4) is 5.75 Å². The molecule has 1 saturated heterocycles. The van der Waals surface area contributed by atoms with Crippen molar-refractivity contribution in [2.75, 3.05) is 33.7 Å². The zero-order valence-corrected chi connectivity index (χ0v) is 18.4. The van der Waals surface area contributed by atoms with Crippen molar-refractivity contribution in [1.29, 1.82) is 0 Å². The lowest BCUT2D eigenvalue weighted by Crippen LogP contribution is -2.39. The number of rotatable bonds is 6. The average molecular weight is 523 g/mol. The highest BCUT2D eigenvalue weighted by Crippen LogP contribution is 2.33. The second-order valence-electron chi connectivity index (χ2n) is 5.98. The highest BCUT2D eigenvalue weighted by molar-refractivity contribution is 14.0. The van der Waals surface area contributed by atoms with Crippen LogP contribution in [0.2, 0.25) is 10.0 Å². The number of hydrogen-bond acceptors (Lipinski definition) is 3. The summed E-state index contributed by atoms with van der Waals surface area (Å²) in [4.78, 5) is 6.43. The molecule has 0 spiro atoms. The van der Waals surface area contributed by atoms with E-state index in [2.05, 4.69) is 32.3 Å². The number of halogens is 5. The molecule has 1 aromatic rings. The van der Waals surface area contributed by atoms with Gasteiger partial charge in [-0.2, -0.15) is 8.78 Å². The third-order valence-corrected chi connectivity index (χ3v) is 4.51. The zero-order valence-electron chi connectivity index (χ0n) is 14.6. The van der Waals surface area contributed by atoms with Gasteiger partial charge in [0.15, 0.2) is 5.96 Å². The SMILES string of the molecule is CN=C(NCc1cc(Cl)cc(Cl)c1OC(F)F)NCC1CCN(C)C1.I. The van der Waals surface area contributed by atoms with Gasteiger partial charge in [-0.25, -0.2) is 0 Å². The molecule has 0 radical (unpaired) electrons. The number of likely N-dealkylation sites (tertiary alicyclic amines) is 1. The van der Waals surface area contributed by atoms with E-state index in [9.17, 15) is 8.78 Å². The van der Waals surface area contributed by atoms with Crippen LogP contribution in [0, 0.1) is 5.92 Å². The Balaban J connectivity index is 0.00000338. The maximum Gasteiger partial charge on any atom is 0.387 e. The molecule has 26 heavy (non-hydrogen) atoms. The Kier molecular flexibility index (Phi) is 10.2. The molecule has 0 aromatic heterocycles. The summed E-state index contributed by atoms with van der Waals surface area (Å²) in [5.74, 6) is 1.05. The summed E-state index contributed by atoms with van der Waals surface area (Å²) >= 11 is 11.9. The lowest BCUT2D eigenvalue weighted by atomic mass is 10.1. The first-order chi connectivity index (χ1) is 11.9. The molecule has 148 valence electrons. The number of ether oxygens (including phenoxy) is 1. The summed E-state index contributed by atoms with van der Waals surface area (Å²) in [6.07, 6.45) is 1.14. The molecule has 1 aromatic carbocycles. The molecule has 0 saturated carbocycles. The number of nitrogens with one attached hydrogen (secondary N) is 2. The molecule has 1 atom stereocenters. The van der Waals surface area contributed by atoms with Crippen LogP contribution in [-0.4, -0.2) is 51.2 Å². The summed E-state index contributed by atoms with van der Waals surface area (Å²) in [7, 11) is 3.75. The Labute approximate surface area is 179 Å². The molecule has 2 rings (SSSR count). The first-order valence-corrected chi connectivity index (χ1v) is 8.70. The lowest BCUT2D eigenvalue weighted by molar-refractivity contribution is -0.0504. The number of alkyl halides is 2. The molecule has 0 aliphatic carbocycles. The van der Waals surface area contributed by atoms with Gasteiger partial charge in [-0.3, -0.25) is 4.99 Å². The van der Waals surface area contributed by atoms with Gasteiger partial charge in [0.25, 0.3) is 0 Å². The standard InChI is InChI=1S/C16H22Cl2F2N4O.HI/c1-21-16(22-7-10-3-4-24(2)9-10)23-8-11-5-12(17)6-13(18)14(11)25-15(19)20;/h5-6,10,15H,3-4,7-9H2,1-2H3,(H2,21,22,23);1H. The predicted molar refractivity (Wildman–Crippen MR) is 112 cm³/mol. The van der Waals surface area contributed by atoms with Gasteiger partial charge in [0.2, 0.25) is 0 Å². The molecule has 1 unspecified atom stereocenters. The van der Waals surface area contributed by atoms with Gasteiger partial charge in [0, 0.05) is 37.3 Å². The molecule has 1 fully saturated rings. The van der Waals surface area contributed by atoms with E-state index in [1.807, 2.05) is 0 Å². The van der Waals surface area contributed by atoms with E-state index >= 15 is 0 Å². The van der Waals surface area contributed by atoms with E-state index in [1.165, 1.54) is 12.1 Å². The Morgan fingerprint density at radius 1 is 1.38 bits per heavy atom. The van der Waals surface area contributed by atoms with Crippen LogP contribution in [-0.2, 0) is 6.54 Å². The van der Waals surface area contributed by atoms with Crippen LogP contribution in [0.15, 0.2) is 17.1 Å². The summed E-state index contributed by atoms with van der Waals surface area (Å²) in [6, 6.07) is 2.91. The molecule has 0 amide bonds. The highest BCUT2D eigenvalue weighted by Gasteiger charge is 2.20. The smallest absolute Gasteiger partial charge is 0.387 e. The van der Waals surface area contributed by atoms with Crippen molar-refractivity contribution < 1.29 is 13.5 Å². The Morgan fingerprint density at radius 3 is 2.69 bits per heavy atom. The Bertz CT molecular complexity index is 622. The van der Waals surface area contributed by atoms with E-state index in [0.29, 0.717) is 22.5 Å². The number of nitrogens with zero attached hydrogens (tertiary/aromatic N) is 2. The quantitative estimate of drug-likeness (QED) is 0.339. The number of benzene rings is 1. The molecule has 1 aliphatic rings. The van der Waals surface area contributed by atoms with E-state index in [0.717, 1.165) is 26.1 Å². The van der Waals surface area contributed by atoms with Gasteiger partial charge in [-0.15, -0.1) is 24.0 Å². The van der Waals surface area contributed by atoms with Gasteiger partial charge in [0.05, 0.1) is 5.02 Å². The van der Waals surface area contributed by atoms with Crippen LogP contribution in [0.1, 0.15) is 12.0 Å². The normalized spacial score (nSPS) is 18.0. The third-order valence-electron chi connectivity index (χ3n) is 4.01. The molecule has 2 N–H and O–H groups in total. The van der Waals surface area contributed by atoms with Gasteiger partial charge >= 0.3 is 6.61 Å². The van der Waals surface area contributed by atoms with E-state index < -0.39 is 6.61 Å². The van der Waals surface area contributed by atoms with E-state index in [1.54, 1.807) is 7.05 Å². The molecule has 1 aliphatic heterocycles. The fraction of sp³-hybridized carbons (Fsp3) is 0.562. The van der Waals surface area contributed by atoms with Gasteiger partial charge in [-0.05, 0) is 38.1 Å². The van der Waals surface area contributed by atoms with Crippen LogP contribution in [0.3, 0.4) is 0 Å². The lowest BCUT2D eigenvalue weighted by Gasteiger charge is -2.17. The van der Waals surface area contributed by atoms with Gasteiger partial charge in [0.1, 0.15) is 5.75 Å². The monoisotopic (exact) mass is 522 g/mol. The second kappa shape index (κ2) is 11.3. The maximum atomic E-state index is 12.6. The van der Waals surface area contributed by atoms with Crippen LogP contribution in [0.4, 0.5) is 8.78 Å². The van der Waals surface area contributed by atoms with Crippen molar-refractivity contribution in [2.45, 2.75) is 19.6 Å². The van der Waals surface area contributed by atoms with Gasteiger partial charge in [-0.1, -0.05) is 23.2 Å². The largest absolute Gasteiger partial charge is 0.433 e.